The fourth-order valence-corrected chi connectivity index (χ4v) is 1.68. The van der Waals surface area contributed by atoms with E-state index in [0.29, 0.717) is 18.0 Å². The molecule has 0 unspecified atom stereocenters. The maximum atomic E-state index is 13.5. The van der Waals surface area contributed by atoms with Crippen LogP contribution in [0.1, 0.15) is 25.8 Å². The van der Waals surface area contributed by atoms with Crippen LogP contribution in [0, 0.1) is 5.82 Å². The second-order valence-electron chi connectivity index (χ2n) is 4.29. The molecule has 17 heavy (non-hydrogen) atoms. The lowest BCUT2D eigenvalue weighted by atomic mass is 10.1. The number of halogens is 2. The van der Waals surface area contributed by atoms with E-state index < -0.39 is 0 Å². The summed E-state index contributed by atoms with van der Waals surface area (Å²) in [7, 11) is 0. The molecule has 1 aromatic rings. The summed E-state index contributed by atoms with van der Waals surface area (Å²) in [6.07, 6.45) is 5.60. The molecule has 0 aliphatic heterocycles. The average molecular weight is 256 g/mol. The predicted molar refractivity (Wildman–Crippen MR) is 72.0 cm³/mol. The monoisotopic (exact) mass is 255 g/mol. The first-order valence-corrected chi connectivity index (χ1v) is 6.30. The number of rotatable bonds is 6. The third-order valence-electron chi connectivity index (χ3n) is 2.40. The molecule has 0 aliphatic carbocycles. The van der Waals surface area contributed by atoms with Gasteiger partial charge < -0.3 is 5.32 Å². The Morgan fingerprint density at radius 1 is 1.35 bits per heavy atom. The average Bonchev–Trinajstić information content (AvgIpc) is 2.28. The minimum absolute atomic E-state index is 0.192. The van der Waals surface area contributed by atoms with Crippen molar-refractivity contribution in [2.24, 2.45) is 0 Å². The second kappa shape index (κ2) is 7.46. The van der Waals surface area contributed by atoms with Crippen LogP contribution in [-0.2, 0) is 6.42 Å². The van der Waals surface area contributed by atoms with Gasteiger partial charge in [-0.15, -0.1) is 0 Å². The molecule has 0 atom stereocenters. The van der Waals surface area contributed by atoms with E-state index in [-0.39, 0.29) is 10.8 Å². The minimum Gasteiger partial charge on any atom is -0.314 e. The highest BCUT2D eigenvalue weighted by Gasteiger charge is 2.03. The van der Waals surface area contributed by atoms with Crippen LogP contribution in [0.3, 0.4) is 0 Å². The smallest absolute Gasteiger partial charge is 0.145 e. The summed E-state index contributed by atoms with van der Waals surface area (Å²) in [4.78, 5) is 0. The molecule has 0 bridgehead atoms. The van der Waals surface area contributed by atoms with Crippen molar-refractivity contribution in [3.05, 3.63) is 46.8 Å². The van der Waals surface area contributed by atoms with Crippen LogP contribution >= 0.6 is 11.6 Å². The van der Waals surface area contributed by atoms with Crippen LogP contribution in [0.5, 0.6) is 0 Å². The first-order valence-electron chi connectivity index (χ1n) is 5.92. The summed E-state index contributed by atoms with van der Waals surface area (Å²) in [5.74, 6) is -0.306. The van der Waals surface area contributed by atoms with Crippen molar-refractivity contribution in [1.82, 2.24) is 5.32 Å². The molecule has 1 N–H and O–H groups in total. The Balaban J connectivity index is 2.35. The van der Waals surface area contributed by atoms with Gasteiger partial charge >= 0.3 is 0 Å². The number of hydrogen-bond donors (Lipinski definition) is 1. The molecule has 0 spiro atoms. The Morgan fingerprint density at radius 2 is 2.12 bits per heavy atom. The summed E-state index contributed by atoms with van der Waals surface area (Å²) in [6.45, 7) is 5.18. The van der Waals surface area contributed by atoms with Gasteiger partial charge in [-0.1, -0.05) is 49.7 Å². The van der Waals surface area contributed by atoms with Gasteiger partial charge in [-0.3, -0.25) is 0 Å². The highest BCUT2D eigenvalue weighted by molar-refractivity contribution is 6.30. The van der Waals surface area contributed by atoms with Crippen LogP contribution in [0.4, 0.5) is 4.39 Å². The van der Waals surface area contributed by atoms with Crippen molar-refractivity contribution < 1.29 is 4.39 Å². The van der Waals surface area contributed by atoms with Gasteiger partial charge in [0.05, 0.1) is 5.02 Å². The first-order chi connectivity index (χ1) is 8.11. The zero-order chi connectivity index (χ0) is 12.7. The van der Waals surface area contributed by atoms with Crippen molar-refractivity contribution in [1.29, 1.82) is 0 Å². The standard InChI is InChI=1S/C14H19ClFN/c1-11(2)17-10-5-3-4-7-12-8-6-9-13(15)14(12)16/h3-4,6,8-9,11,17H,5,7,10H2,1-2H3/b4-3+. The Kier molecular flexibility index (Phi) is 6.23. The van der Waals surface area contributed by atoms with Crippen molar-refractivity contribution in [2.45, 2.75) is 32.7 Å². The van der Waals surface area contributed by atoms with Crippen molar-refractivity contribution in [2.75, 3.05) is 6.54 Å². The molecule has 0 fully saturated rings. The zero-order valence-electron chi connectivity index (χ0n) is 10.3. The SMILES string of the molecule is CC(C)NCC/C=C/Cc1cccc(Cl)c1F. The summed E-state index contributed by atoms with van der Waals surface area (Å²) in [6, 6.07) is 5.61. The van der Waals surface area contributed by atoms with Crippen molar-refractivity contribution >= 4 is 11.6 Å². The molecule has 0 saturated heterocycles. The lowest BCUT2D eigenvalue weighted by molar-refractivity contribution is 0.594. The Morgan fingerprint density at radius 3 is 2.82 bits per heavy atom. The van der Waals surface area contributed by atoms with E-state index in [1.165, 1.54) is 0 Å². The van der Waals surface area contributed by atoms with Crippen molar-refractivity contribution in [3.8, 4) is 0 Å². The van der Waals surface area contributed by atoms with E-state index in [9.17, 15) is 4.39 Å². The summed E-state index contributed by atoms with van der Waals surface area (Å²) in [5.41, 5.74) is 0.644. The first kappa shape index (κ1) is 14.2. The molecule has 1 rings (SSSR count). The lowest BCUT2D eigenvalue weighted by Gasteiger charge is -2.05. The van der Waals surface area contributed by atoms with Crippen LogP contribution < -0.4 is 5.32 Å². The van der Waals surface area contributed by atoms with Crippen LogP contribution in [-0.4, -0.2) is 12.6 Å². The largest absolute Gasteiger partial charge is 0.314 e. The maximum Gasteiger partial charge on any atom is 0.145 e. The third-order valence-corrected chi connectivity index (χ3v) is 2.69. The van der Waals surface area contributed by atoms with Crippen LogP contribution in [0.25, 0.3) is 0 Å². The fraction of sp³-hybridized carbons (Fsp3) is 0.429. The number of benzene rings is 1. The number of nitrogens with one attached hydrogen (secondary N) is 1. The van der Waals surface area contributed by atoms with Crippen molar-refractivity contribution in [3.63, 3.8) is 0 Å². The number of hydrogen-bond acceptors (Lipinski definition) is 1. The Labute approximate surface area is 108 Å². The van der Waals surface area contributed by atoms with E-state index in [0.717, 1.165) is 13.0 Å². The van der Waals surface area contributed by atoms with Gasteiger partial charge in [0.15, 0.2) is 0 Å². The van der Waals surface area contributed by atoms with Gasteiger partial charge in [0.2, 0.25) is 0 Å². The highest BCUT2D eigenvalue weighted by Crippen LogP contribution is 2.18. The van der Waals surface area contributed by atoms with Crippen LogP contribution in [0.15, 0.2) is 30.4 Å². The third kappa shape index (κ3) is 5.33. The molecule has 1 aromatic carbocycles. The van der Waals surface area contributed by atoms with E-state index in [1.807, 2.05) is 6.08 Å². The molecule has 0 aromatic heterocycles. The quantitative estimate of drug-likeness (QED) is 0.599. The minimum atomic E-state index is -0.306. The van der Waals surface area contributed by atoms with E-state index in [1.54, 1.807) is 18.2 Å². The summed E-state index contributed by atoms with van der Waals surface area (Å²) < 4.78 is 13.5. The fourth-order valence-electron chi connectivity index (χ4n) is 1.49. The predicted octanol–water partition coefficient (Wildman–Crippen LogP) is 3.97. The Hall–Kier alpha value is -0.860. The molecular weight excluding hydrogens is 237 g/mol. The van der Waals surface area contributed by atoms with Gasteiger partial charge in [0.1, 0.15) is 5.82 Å². The highest BCUT2D eigenvalue weighted by atomic mass is 35.5. The molecule has 0 saturated carbocycles. The van der Waals surface area contributed by atoms with Gasteiger partial charge in [-0.05, 0) is 31.0 Å². The molecule has 0 heterocycles. The number of allylic oxidation sites excluding steroid dienone is 1. The molecule has 3 heteroatoms. The molecular formula is C14H19ClFN. The Bertz CT molecular complexity index is 374. The zero-order valence-corrected chi connectivity index (χ0v) is 11.1. The van der Waals surface area contributed by atoms with Gasteiger partial charge in [-0.2, -0.15) is 0 Å². The molecule has 0 aliphatic rings. The second-order valence-corrected chi connectivity index (χ2v) is 4.69. The van der Waals surface area contributed by atoms with Gasteiger partial charge in [0.25, 0.3) is 0 Å². The van der Waals surface area contributed by atoms with Gasteiger partial charge in [0, 0.05) is 6.04 Å². The summed E-state index contributed by atoms with van der Waals surface area (Å²) in [5, 5.41) is 3.51. The maximum absolute atomic E-state index is 13.5. The summed E-state index contributed by atoms with van der Waals surface area (Å²) >= 11 is 5.70. The molecule has 1 nitrogen and oxygen atoms in total. The van der Waals surface area contributed by atoms with Gasteiger partial charge in [-0.25, -0.2) is 4.39 Å². The van der Waals surface area contributed by atoms with E-state index in [2.05, 4.69) is 25.2 Å². The van der Waals surface area contributed by atoms with E-state index in [4.69, 9.17) is 11.6 Å². The molecule has 0 amide bonds. The topological polar surface area (TPSA) is 12.0 Å². The normalized spacial score (nSPS) is 11.6. The molecule has 94 valence electrons. The lowest BCUT2D eigenvalue weighted by Crippen LogP contribution is -2.23. The molecule has 0 radical (unpaired) electrons. The van der Waals surface area contributed by atoms with Crippen LogP contribution in [0.2, 0.25) is 5.02 Å². The van der Waals surface area contributed by atoms with E-state index >= 15 is 0 Å².